The molecule has 108 valence electrons. The van der Waals surface area contributed by atoms with Crippen molar-refractivity contribution in [2.24, 2.45) is 0 Å². The standard InChI is InChI=1S/2C8H8BrF/c2*9-6-5-7-3-1-2-4-8(7)10/h2*1-4H,5-6H2. The van der Waals surface area contributed by atoms with Crippen LogP contribution in [0.5, 0.6) is 0 Å². The van der Waals surface area contributed by atoms with Crippen LogP contribution in [0.25, 0.3) is 0 Å². The maximum Gasteiger partial charge on any atom is 0.126 e. The van der Waals surface area contributed by atoms with Crippen LogP contribution in [-0.4, -0.2) is 10.7 Å². The van der Waals surface area contributed by atoms with E-state index < -0.39 is 0 Å². The van der Waals surface area contributed by atoms with Crippen molar-refractivity contribution >= 4 is 31.9 Å². The van der Waals surface area contributed by atoms with Crippen LogP contribution in [0.1, 0.15) is 11.1 Å². The summed E-state index contributed by atoms with van der Waals surface area (Å²) in [5.41, 5.74) is 1.55. The molecule has 0 N–H and O–H groups in total. The fraction of sp³-hybridized carbons (Fsp3) is 0.250. The highest BCUT2D eigenvalue weighted by molar-refractivity contribution is 9.09. The molecule has 0 unspecified atom stereocenters. The predicted octanol–water partition coefficient (Wildman–Crippen LogP) is 5.53. The summed E-state index contributed by atoms with van der Waals surface area (Å²) in [6.07, 6.45) is 1.51. The number of hydrogen-bond donors (Lipinski definition) is 0. The van der Waals surface area contributed by atoms with Gasteiger partial charge in [0.05, 0.1) is 0 Å². The summed E-state index contributed by atoms with van der Waals surface area (Å²) in [5, 5.41) is 1.63. The van der Waals surface area contributed by atoms with E-state index in [-0.39, 0.29) is 11.6 Å². The van der Waals surface area contributed by atoms with Gasteiger partial charge in [-0.2, -0.15) is 0 Å². The summed E-state index contributed by atoms with van der Waals surface area (Å²) in [4.78, 5) is 0. The third-order valence-corrected chi connectivity index (χ3v) is 3.44. The van der Waals surface area contributed by atoms with Gasteiger partial charge in [-0.25, -0.2) is 8.78 Å². The van der Waals surface area contributed by atoms with Crippen molar-refractivity contribution in [3.8, 4) is 0 Å². The summed E-state index contributed by atoms with van der Waals surface area (Å²) in [5.74, 6) is -0.219. The molecule has 0 heterocycles. The Morgan fingerprint density at radius 3 is 1.30 bits per heavy atom. The monoisotopic (exact) mass is 404 g/mol. The molecule has 0 fully saturated rings. The quantitative estimate of drug-likeness (QED) is 0.587. The lowest BCUT2D eigenvalue weighted by Gasteiger charge is -1.97. The van der Waals surface area contributed by atoms with Crippen LogP contribution < -0.4 is 0 Å². The molecule has 0 nitrogen and oxygen atoms in total. The van der Waals surface area contributed by atoms with E-state index in [9.17, 15) is 8.78 Å². The molecule has 2 aromatic rings. The normalized spacial score (nSPS) is 9.80. The number of hydrogen-bond acceptors (Lipinski definition) is 0. The largest absolute Gasteiger partial charge is 0.207 e. The zero-order valence-corrected chi connectivity index (χ0v) is 14.1. The van der Waals surface area contributed by atoms with Crippen LogP contribution in [-0.2, 0) is 12.8 Å². The molecule has 0 saturated heterocycles. The summed E-state index contributed by atoms with van der Waals surface area (Å²) < 4.78 is 25.5. The third-order valence-electron chi connectivity index (χ3n) is 2.64. The Morgan fingerprint density at radius 2 is 1.00 bits per heavy atom. The van der Waals surface area contributed by atoms with Gasteiger partial charge < -0.3 is 0 Å². The van der Waals surface area contributed by atoms with Gasteiger partial charge in [0.1, 0.15) is 11.6 Å². The van der Waals surface area contributed by atoms with E-state index >= 15 is 0 Å². The Kier molecular flexibility index (Phi) is 8.70. The summed E-state index contributed by atoms with van der Waals surface area (Å²) in [6.45, 7) is 0. The lowest BCUT2D eigenvalue weighted by atomic mass is 10.2. The first-order chi connectivity index (χ1) is 9.69. The van der Waals surface area contributed by atoms with Gasteiger partial charge in [0.25, 0.3) is 0 Å². The van der Waals surface area contributed by atoms with Gasteiger partial charge in [0.15, 0.2) is 0 Å². The van der Waals surface area contributed by atoms with Crippen molar-refractivity contribution in [2.45, 2.75) is 12.8 Å². The van der Waals surface area contributed by atoms with E-state index in [1.54, 1.807) is 24.3 Å². The minimum Gasteiger partial charge on any atom is -0.207 e. The average molecular weight is 406 g/mol. The van der Waals surface area contributed by atoms with Crippen molar-refractivity contribution in [1.29, 1.82) is 0 Å². The van der Waals surface area contributed by atoms with Gasteiger partial charge in [0, 0.05) is 10.7 Å². The summed E-state index contributed by atoms with van der Waals surface area (Å²) in [7, 11) is 0. The van der Waals surface area contributed by atoms with E-state index in [1.165, 1.54) is 12.1 Å². The lowest BCUT2D eigenvalue weighted by molar-refractivity contribution is 0.612. The van der Waals surface area contributed by atoms with Crippen molar-refractivity contribution < 1.29 is 8.78 Å². The summed E-state index contributed by atoms with van der Waals surface area (Å²) in [6, 6.07) is 13.7. The zero-order valence-electron chi connectivity index (χ0n) is 11.0. The second kappa shape index (κ2) is 10.1. The molecule has 0 radical (unpaired) electrons. The van der Waals surface area contributed by atoms with Crippen LogP contribution in [0.4, 0.5) is 8.78 Å². The first-order valence-electron chi connectivity index (χ1n) is 6.27. The molecule has 0 aromatic heterocycles. The predicted molar refractivity (Wildman–Crippen MR) is 87.8 cm³/mol. The number of benzene rings is 2. The number of aryl methyl sites for hydroxylation is 2. The SMILES string of the molecule is Fc1ccccc1CCBr.Fc1ccccc1CCBr. The van der Waals surface area contributed by atoms with Gasteiger partial charge in [-0.05, 0) is 36.1 Å². The molecule has 0 atom stereocenters. The molecule has 4 heteroatoms. The van der Waals surface area contributed by atoms with Crippen molar-refractivity contribution in [3.63, 3.8) is 0 Å². The minimum absolute atomic E-state index is 0.109. The highest BCUT2D eigenvalue weighted by Crippen LogP contribution is 2.08. The molecule has 0 aliphatic carbocycles. The molecule has 0 spiro atoms. The molecule has 0 aliphatic heterocycles. The van der Waals surface area contributed by atoms with Gasteiger partial charge in [0.2, 0.25) is 0 Å². The minimum atomic E-state index is -0.109. The molecule has 0 saturated carbocycles. The first-order valence-corrected chi connectivity index (χ1v) is 8.52. The fourth-order valence-electron chi connectivity index (χ4n) is 1.61. The molecule has 0 aliphatic rings. The Balaban J connectivity index is 0.000000200. The molecule has 20 heavy (non-hydrogen) atoms. The Morgan fingerprint density at radius 1 is 0.650 bits per heavy atom. The zero-order chi connectivity index (χ0) is 14.8. The van der Waals surface area contributed by atoms with E-state index in [2.05, 4.69) is 31.9 Å². The van der Waals surface area contributed by atoms with Gasteiger partial charge in [-0.3, -0.25) is 0 Å². The second-order valence-corrected chi connectivity index (χ2v) is 5.65. The van der Waals surface area contributed by atoms with Crippen LogP contribution >= 0.6 is 31.9 Å². The fourth-order valence-corrected chi connectivity index (χ4v) is 2.46. The average Bonchev–Trinajstić information content (AvgIpc) is 2.45. The van der Waals surface area contributed by atoms with E-state index in [4.69, 9.17) is 0 Å². The van der Waals surface area contributed by atoms with Crippen LogP contribution in [0, 0.1) is 11.6 Å². The van der Waals surface area contributed by atoms with Crippen molar-refractivity contribution in [3.05, 3.63) is 71.3 Å². The number of halogens is 4. The molecule has 2 aromatic carbocycles. The van der Waals surface area contributed by atoms with Crippen LogP contribution in [0.2, 0.25) is 0 Å². The molecule has 0 bridgehead atoms. The highest BCUT2D eigenvalue weighted by Gasteiger charge is 1.97. The Hall–Kier alpha value is -0.740. The Bertz CT molecular complexity index is 468. The maximum atomic E-state index is 12.8. The molecular weight excluding hydrogens is 390 g/mol. The van der Waals surface area contributed by atoms with Gasteiger partial charge >= 0.3 is 0 Å². The first kappa shape index (κ1) is 17.3. The molecule has 2 rings (SSSR count). The topological polar surface area (TPSA) is 0 Å². The lowest BCUT2D eigenvalue weighted by Crippen LogP contribution is -1.89. The van der Waals surface area contributed by atoms with E-state index in [0.717, 1.165) is 34.6 Å². The van der Waals surface area contributed by atoms with Crippen molar-refractivity contribution in [1.82, 2.24) is 0 Å². The van der Waals surface area contributed by atoms with E-state index in [1.807, 2.05) is 12.1 Å². The van der Waals surface area contributed by atoms with Gasteiger partial charge in [-0.15, -0.1) is 0 Å². The van der Waals surface area contributed by atoms with Crippen molar-refractivity contribution in [2.75, 3.05) is 10.7 Å². The molecule has 0 amide bonds. The maximum absolute atomic E-state index is 12.8. The van der Waals surface area contributed by atoms with Gasteiger partial charge in [-0.1, -0.05) is 68.3 Å². The number of alkyl halides is 2. The third kappa shape index (κ3) is 6.14. The van der Waals surface area contributed by atoms with E-state index in [0.29, 0.717) is 0 Å². The Labute approximate surface area is 135 Å². The smallest absolute Gasteiger partial charge is 0.126 e. The van der Waals surface area contributed by atoms with Crippen LogP contribution in [0.15, 0.2) is 48.5 Å². The number of rotatable bonds is 4. The summed E-state index contributed by atoms with van der Waals surface area (Å²) >= 11 is 6.51. The van der Waals surface area contributed by atoms with Crippen LogP contribution in [0.3, 0.4) is 0 Å². The second-order valence-electron chi connectivity index (χ2n) is 4.06. The molecular formula is C16H16Br2F2. The highest BCUT2D eigenvalue weighted by atomic mass is 79.9.